The van der Waals surface area contributed by atoms with Crippen LogP contribution in [0.15, 0.2) is 36.4 Å². The fourth-order valence-corrected chi connectivity index (χ4v) is 4.16. The van der Waals surface area contributed by atoms with Crippen molar-refractivity contribution in [1.29, 1.82) is 0 Å². The molecule has 2 aromatic carbocycles. The van der Waals surface area contributed by atoms with Gasteiger partial charge in [-0.25, -0.2) is 0 Å². The first-order valence-electron chi connectivity index (χ1n) is 11.6. The number of anilines is 2. The summed E-state index contributed by atoms with van der Waals surface area (Å²) in [4.78, 5) is 29.4. The lowest BCUT2D eigenvalue weighted by Crippen LogP contribution is -2.51. The zero-order chi connectivity index (χ0) is 26.5. The predicted molar refractivity (Wildman–Crippen MR) is 144 cm³/mol. The lowest BCUT2D eigenvalue weighted by Gasteiger charge is -2.38. The lowest BCUT2D eigenvalue weighted by molar-refractivity contribution is -0.139. The second-order valence-corrected chi connectivity index (χ2v) is 9.81. The summed E-state index contributed by atoms with van der Waals surface area (Å²) in [6.07, 6.45) is 0. The predicted octanol–water partition coefficient (Wildman–Crippen LogP) is 3.53. The molecule has 1 aliphatic rings. The van der Waals surface area contributed by atoms with Gasteiger partial charge in [0.1, 0.15) is 0 Å². The molecule has 9 nitrogen and oxygen atoms in total. The van der Waals surface area contributed by atoms with Crippen LogP contribution in [-0.4, -0.2) is 69.3 Å². The van der Waals surface area contributed by atoms with Crippen LogP contribution in [-0.2, 0) is 4.79 Å². The minimum atomic E-state index is -0.411. The molecule has 1 aliphatic heterocycles. The number of ether oxygens (including phenoxy) is 3. The van der Waals surface area contributed by atoms with Gasteiger partial charge in [-0.2, -0.15) is 0 Å². The molecule has 0 unspecified atom stereocenters. The molecule has 0 aliphatic carbocycles. The molecule has 10 heteroatoms. The zero-order valence-corrected chi connectivity index (χ0v) is 22.5. The number of hydrogen-bond donors (Lipinski definition) is 2. The van der Waals surface area contributed by atoms with E-state index in [4.69, 9.17) is 26.4 Å². The number of nitrogens with one attached hydrogen (secondary N) is 2. The topological polar surface area (TPSA) is 92.4 Å². The third-order valence-electron chi connectivity index (χ3n) is 5.85. The third-order valence-corrected chi connectivity index (χ3v) is 6.06. The second-order valence-electron chi connectivity index (χ2n) is 9.40. The van der Waals surface area contributed by atoms with E-state index in [0.717, 1.165) is 24.5 Å². The van der Waals surface area contributed by atoms with Crippen LogP contribution in [0.4, 0.5) is 11.4 Å². The summed E-state index contributed by atoms with van der Waals surface area (Å²) in [7, 11) is 4.47. The summed E-state index contributed by atoms with van der Waals surface area (Å²) in [6.45, 7) is 8.80. The number of benzene rings is 2. The Morgan fingerprint density at radius 3 is 1.92 bits per heavy atom. The van der Waals surface area contributed by atoms with Gasteiger partial charge in [0.2, 0.25) is 11.7 Å². The Morgan fingerprint density at radius 2 is 1.44 bits per heavy atom. The van der Waals surface area contributed by atoms with Crippen LogP contribution in [0.3, 0.4) is 0 Å². The first-order valence-corrected chi connectivity index (χ1v) is 12.0. The van der Waals surface area contributed by atoms with Crippen LogP contribution in [0.1, 0.15) is 31.1 Å². The van der Waals surface area contributed by atoms with Crippen molar-refractivity contribution < 1.29 is 23.8 Å². The van der Waals surface area contributed by atoms with Gasteiger partial charge in [-0.15, -0.1) is 0 Å². The van der Waals surface area contributed by atoms with Crippen molar-refractivity contribution in [2.45, 2.75) is 20.8 Å². The monoisotopic (exact) mass is 514 g/mol. The second kappa shape index (κ2) is 11.5. The molecule has 1 saturated heterocycles. The molecule has 1 heterocycles. The molecule has 2 N–H and O–H groups in total. The van der Waals surface area contributed by atoms with Gasteiger partial charge in [0.05, 0.1) is 21.3 Å². The van der Waals surface area contributed by atoms with Crippen LogP contribution >= 0.6 is 12.2 Å². The Balaban J connectivity index is 1.57. The molecule has 194 valence electrons. The van der Waals surface area contributed by atoms with Crippen LogP contribution in [0.25, 0.3) is 0 Å². The van der Waals surface area contributed by atoms with E-state index in [9.17, 15) is 9.59 Å². The number of nitrogens with zero attached hydrogens (tertiary/aromatic N) is 2. The third kappa shape index (κ3) is 6.37. The maximum Gasteiger partial charge on any atom is 0.257 e. The van der Waals surface area contributed by atoms with Gasteiger partial charge < -0.3 is 29.3 Å². The fourth-order valence-electron chi connectivity index (χ4n) is 3.95. The van der Waals surface area contributed by atoms with Crippen molar-refractivity contribution in [3.05, 3.63) is 42.0 Å². The number of hydrogen-bond acceptors (Lipinski definition) is 7. The average molecular weight is 515 g/mol. The highest BCUT2D eigenvalue weighted by Gasteiger charge is 2.29. The van der Waals surface area contributed by atoms with Crippen molar-refractivity contribution in [3.8, 4) is 17.2 Å². The summed E-state index contributed by atoms with van der Waals surface area (Å²) < 4.78 is 15.9. The van der Waals surface area contributed by atoms with Crippen molar-refractivity contribution in [2.75, 3.05) is 57.7 Å². The zero-order valence-electron chi connectivity index (χ0n) is 21.6. The minimum absolute atomic E-state index is 0.163. The van der Waals surface area contributed by atoms with Gasteiger partial charge in [0, 0.05) is 48.5 Å². The van der Waals surface area contributed by atoms with E-state index in [1.54, 1.807) is 12.1 Å². The highest BCUT2D eigenvalue weighted by molar-refractivity contribution is 7.80. The van der Waals surface area contributed by atoms with Gasteiger partial charge in [0.15, 0.2) is 16.6 Å². The number of thiocarbonyl (C=S) groups is 1. The Morgan fingerprint density at radius 1 is 0.889 bits per heavy atom. The molecule has 0 bridgehead atoms. The first-order chi connectivity index (χ1) is 17.1. The number of carbonyl (C=O) groups is 2. The molecular formula is C26H34N4O5S. The molecule has 0 spiro atoms. The van der Waals surface area contributed by atoms with E-state index in [-0.39, 0.29) is 16.4 Å². The smallest absolute Gasteiger partial charge is 0.257 e. The molecule has 3 rings (SSSR count). The molecular weight excluding hydrogens is 480 g/mol. The Labute approximate surface area is 217 Å². The Kier molecular flexibility index (Phi) is 8.62. The summed E-state index contributed by atoms with van der Waals surface area (Å²) >= 11 is 5.33. The van der Waals surface area contributed by atoms with Gasteiger partial charge in [-0.1, -0.05) is 20.8 Å². The van der Waals surface area contributed by atoms with Crippen molar-refractivity contribution in [2.24, 2.45) is 5.41 Å². The molecule has 0 aromatic heterocycles. The van der Waals surface area contributed by atoms with E-state index in [0.29, 0.717) is 35.9 Å². The van der Waals surface area contributed by atoms with E-state index < -0.39 is 5.91 Å². The van der Waals surface area contributed by atoms with E-state index in [2.05, 4.69) is 15.5 Å². The number of rotatable bonds is 6. The Hall–Kier alpha value is -3.53. The number of carbonyl (C=O) groups excluding carboxylic acids is 2. The molecule has 1 fully saturated rings. The molecule has 0 atom stereocenters. The van der Waals surface area contributed by atoms with Gasteiger partial charge in [-0.3, -0.25) is 14.9 Å². The van der Waals surface area contributed by atoms with Gasteiger partial charge in [0.25, 0.3) is 5.91 Å². The SMILES string of the molecule is COc1cc(C(=O)NC(=S)Nc2ccc(N3CCN(C(=O)C(C)(C)C)CC3)cc2)cc(OC)c1OC. The first kappa shape index (κ1) is 27.1. The van der Waals surface area contributed by atoms with Crippen molar-refractivity contribution in [3.63, 3.8) is 0 Å². The average Bonchev–Trinajstić information content (AvgIpc) is 2.87. The highest BCUT2D eigenvalue weighted by atomic mass is 32.1. The maximum atomic E-state index is 12.8. The highest BCUT2D eigenvalue weighted by Crippen LogP contribution is 2.38. The summed E-state index contributed by atoms with van der Waals surface area (Å²) in [6, 6.07) is 10.9. The normalized spacial score (nSPS) is 13.6. The molecule has 2 aromatic rings. The van der Waals surface area contributed by atoms with Crippen molar-refractivity contribution in [1.82, 2.24) is 10.2 Å². The summed E-state index contributed by atoms with van der Waals surface area (Å²) in [5.41, 5.74) is 1.76. The Bertz CT molecular complexity index is 1080. The molecule has 2 amide bonds. The molecule has 0 saturated carbocycles. The van der Waals surface area contributed by atoms with Crippen LogP contribution in [0, 0.1) is 5.41 Å². The number of piperazine rings is 1. The quantitative estimate of drug-likeness (QED) is 0.566. The summed E-state index contributed by atoms with van der Waals surface area (Å²) in [5.74, 6) is 0.925. The fraction of sp³-hybridized carbons (Fsp3) is 0.423. The van der Waals surface area contributed by atoms with E-state index >= 15 is 0 Å². The van der Waals surface area contributed by atoms with Gasteiger partial charge >= 0.3 is 0 Å². The van der Waals surface area contributed by atoms with Crippen LogP contribution in [0.2, 0.25) is 0 Å². The van der Waals surface area contributed by atoms with E-state index in [1.807, 2.05) is 49.9 Å². The number of amides is 2. The number of methoxy groups -OCH3 is 3. The minimum Gasteiger partial charge on any atom is -0.493 e. The van der Waals surface area contributed by atoms with Crippen molar-refractivity contribution >= 4 is 40.5 Å². The van der Waals surface area contributed by atoms with E-state index in [1.165, 1.54) is 21.3 Å². The summed E-state index contributed by atoms with van der Waals surface area (Å²) in [5, 5.41) is 5.87. The van der Waals surface area contributed by atoms with Gasteiger partial charge in [-0.05, 0) is 48.6 Å². The standard InChI is InChI=1S/C26H34N4O5S/c1-26(2,3)24(32)30-13-11-29(12-14-30)19-9-7-18(8-10-19)27-25(36)28-23(31)17-15-20(33-4)22(35-6)21(16-17)34-5/h7-10,15-16H,11-14H2,1-6H3,(H2,27,28,31,36). The molecule has 36 heavy (non-hydrogen) atoms. The lowest BCUT2D eigenvalue weighted by atomic mass is 9.94. The molecule has 0 radical (unpaired) electrons. The van der Waals surface area contributed by atoms with Crippen LogP contribution in [0.5, 0.6) is 17.2 Å². The van der Waals surface area contributed by atoms with Crippen LogP contribution < -0.4 is 29.7 Å². The maximum absolute atomic E-state index is 12.8. The largest absolute Gasteiger partial charge is 0.493 e.